The SMILES string of the molecule is CCN(CC)CCCNCC(=O)N(CC(=O)NCCC(C)C)C(=O)CNCCc1ccc(OC)cc1. The summed E-state index contributed by atoms with van der Waals surface area (Å²) < 4.78 is 5.17. The van der Waals surface area contributed by atoms with E-state index in [-0.39, 0.29) is 31.4 Å². The van der Waals surface area contributed by atoms with Crippen LogP contribution in [0.3, 0.4) is 0 Å². The van der Waals surface area contributed by atoms with Gasteiger partial charge in [-0.1, -0.05) is 39.8 Å². The largest absolute Gasteiger partial charge is 0.497 e. The topological polar surface area (TPSA) is 103 Å². The molecular formula is C27H47N5O4. The zero-order chi connectivity index (χ0) is 26.8. The predicted molar refractivity (Wildman–Crippen MR) is 144 cm³/mol. The summed E-state index contributed by atoms with van der Waals surface area (Å²) in [4.78, 5) is 41.5. The second kappa shape index (κ2) is 18.7. The fraction of sp³-hybridized carbons (Fsp3) is 0.667. The Balaban J connectivity index is 2.56. The molecule has 0 aromatic heterocycles. The molecule has 1 aromatic rings. The van der Waals surface area contributed by atoms with Crippen LogP contribution in [0.15, 0.2) is 24.3 Å². The number of imide groups is 1. The van der Waals surface area contributed by atoms with E-state index in [0.717, 1.165) is 55.1 Å². The Morgan fingerprint density at radius 3 is 2.08 bits per heavy atom. The Morgan fingerprint density at radius 1 is 0.917 bits per heavy atom. The van der Waals surface area contributed by atoms with Gasteiger partial charge in [-0.2, -0.15) is 0 Å². The van der Waals surface area contributed by atoms with Crippen LogP contribution in [-0.2, 0) is 20.8 Å². The molecule has 0 radical (unpaired) electrons. The van der Waals surface area contributed by atoms with Gasteiger partial charge >= 0.3 is 0 Å². The van der Waals surface area contributed by atoms with Gasteiger partial charge in [-0.05, 0) is 75.6 Å². The maximum absolute atomic E-state index is 12.9. The van der Waals surface area contributed by atoms with E-state index in [9.17, 15) is 14.4 Å². The van der Waals surface area contributed by atoms with E-state index in [1.807, 2.05) is 24.3 Å². The average molecular weight is 506 g/mol. The summed E-state index contributed by atoms with van der Waals surface area (Å²) in [5.41, 5.74) is 1.11. The molecule has 1 aromatic carbocycles. The van der Waals surface area contributed by atoms with Crippen LogP contribution >= 0.6 is 0 Å². The molecule has 0 heterocycles. The highest BCUT2D eigenvalue weighted by Crippen LogP contribution is 2.11. The highest BCUT2D eigenvalue weighted by molar-refractivity contribution is 6.00. The molecule has 0 unspecified atom stereocenters. The van der Waals surface area contributed by atoms with Gasteiger partial charge in [-0.3, -0.25) is 19.3 Å². The fourth-order valence-electron chi connectivity index (χ4n) is 3.59. The summed E-state index contributed by atoms with van der Waals surface area (Å²) in [6.45, 7) is 12.9. The van der Waals surface area contributed by atoms with E-state index in [0.29, 0.717) is 25.6 Å². The minimum absolute atomic E-state index is 0.0108. The van der Waals surface area contributed by atoms with Gasteiger partial charge in [-0.25, -0.2) is 0 Å². The minimum atomic E-state index is -0.404. The minimum Gasteiger partial charge on any atom is -0.497 e. The Morgan fingerprint density at radius 2 is 1.53 bits per heavy atom. The van der Waals surface area contributed by atoms with Gasteiger partial charge in [0.25, 0.3) is 0 Å². The van der Waals surface area contributed by atoms with E-state index in [1.54, 1.807) is 7.11 Å². The number of hydrogen-bond donors (Lipinski definition) is 3. The molecule has 9 nitrogen and oxygen atoms in total. The molecule has 36 heavy (non-hydrogen) atoms. The van der Waals surface area contributed by atoms with Crippen LogP contribution in [0.1, 0.15) is 46.1 Å². The van der Waals surface area contributed by atoms with Crippen molar-refractivity contribution in [3.05, 3.63) is 29.8 Å². The van der Waals surface area contributed by atoms with Crippen molar-refractivity contribution >= 4 is 17.7 Å². The molecule has 0 aliphatic rings. The lowest BCUT2D eigenvalue weighted by Gasteiger charge is -2.22. The van der Waals surface area contributed by atoms with Crippen LogP contribution < -0.4 is 20.7 Å². The molecule has 0 aliphatic heterocycles. The number of amides is 3. The second-order valence-corrected chi connectivity index (χ2v) is 9.24. The van der Waals surface area contributed by atoms with E-state index in [1.165, 1.54) is 0 Å². The molecule has 0 atom stereocenters. The van der Waals surface area contributed by atoms with Crippen molar-refractivity contribution in [1.29, 1.82) is 0 Å². The van der Waals surface area contributed by atoms with Crippen LogP contribution in [0.5, 0.6) is 5.75 Å². The van der Waals surface area contributed by atoms with Gasteiger partial charge in [0, 0.05) is 6.54 Å². The number of nitrogens with one attached hydrogen (secondary N) is 3. The molecular weight excluding hydrogens is 458 g/mol. The molecule has 0 saturated carbocycles. The average Bonchev–Trinajstić information content (AvgIpc) is 2.87. The number of methoxy groups -OCH3 is 1. The van der Waals surface area contributed by atoms with E-state index in [2.05, 4.69) is 48.5 Å². The molecule has 204 valence electrons. The molecule has 0 spiro atoms. The smallest absolute Gasteiger partial charge is 0.243 e. The van der Waals surface area contributed by atoms with E-state index >= 15 is 0 Å². The summed E-state index contributed by atoms with van der Waals surface area (Å²) in [6.07, 6.45) is 2.48. The standard InChI is InChI=1S/C27H47N5O4/c1-6-31(7-2)18-8-15-28-19-26(34)32(21-25(33)30-17-13-22(3)4)27(35)20-29-16-14-23-9-11-24(36-5)12-10-23/h9-12,22,28-29H,6-8,13-21H2,1-5H3,(H,30,33). The zero-order valence-corrected chi connectivity index (χ0v) is 22.9. The Kier molecular flexibility index (Phi) is 16.4. The molecule has 0 aliphatic carbocycles. The van der Waals surface area contributed by atoms with Crippen molar-refractivity contribution in [3.8, 4) is 5.75 Å². The normalized spacial score (nSPS) is 11.1. The summed E-state index contributed by atoms with van der Waals surface area (Å²) >= 11 is 0. The first-order valence-electron chi connectivity index (χ1n) is 13.2. The van der Waals surface area contributed by atoms with Gasteiger partial charge in [0.2, 0.25) is 17.7 Å². The lowest BCUT2D eigenvalue weighted by Crippen LogP contribution is -2.50. The van der Waals surface area contributed by atoms with Crippen LogP contribution in [0, 0.1) is 5.92 Å². The molecule has 9 heteroatoms. The second-order valence-electron chi connectivity index (χ2n) is 9.24. The van der Waals surface area contributed by atoms with Gasteiger partial charge < -0.3 is 25.6 Å². The van der Waals surface area contributed by atoms with E-state index < -0.39 is 5.91 Å². The third kappa shape index (κ3) is 13.6. The molecule has 0 fully saturated rings. The highest BCUT2D eigenvalue weighted by atomic mass is 16.5. The van der Waals surface area contributed by atoms with Crippen LogP contribution in [0.4, 0.5) is 0 Å². The number of hydrogen-bond acceptors (Lipinski definition) is 7. The summed E-state index contributed by atoms with van der Waals surface area (Å²) in [5.74, 6) is 0.138. The fourth-order valence-corrected chi connectivity index (χ4v) is 3.59. The van der Waals surface area contributed by atoms with Crippen LogP contribution in [0.25, 0.3) is 0 Å². The highest BCUT2D eigenvalue weighted by Gasteiger charge is 2.23. The number of rotatable bonds is 19. The Bertz CT molecular complexity index is 766. The van der Waals surface area contributed by atoms with Crippen molar-refractivity contribution in [2.75, 3.05) is 66.0 Å². The van der Waals surface area contributed by atoms with Crippen LogP contribution in [0.2, 0.25) is 0 Å². The quantitative estimate of drug-likeness (QED) is 0.246. The van der Waals surface area contributed by atoms with Crippen molar-refractivity contribution in [2.24, 2.45) is 5.92 Å². The summed E-state index contributed by atoms with van der Waals surface area (Å²) in [5, 5.41) is 9.03. The monoisotopic (exact) mass is 505 g/mol. The van der Waals surface area contributed by atoms with Crippen LogP contribution in [-0.4, -0.2) is 93.5 Å². The number of ether oxygens (including phenoxy) is 1. The summed E-state index contributed by atoms with van der Waals surface area (Å²) in [6, 6.07) is 7.75. The molecule has 1 rings (SSSR count). The van der Waals surface area contributed by atoms with Gasteiger partial charge in [0.05, 0.1) is 20.2 Å². The Labute approximate surface area is 217 Å². The predicted octanol–water partition coefficient (Wildman–Crippen LogP) is 1.67. The lowest BCUT2D eigenvalue weighted by molar-refractivity contribution is -0.147. The van der Waals surface area contributed by atoms with E-state index in [4.69, 9.17) is 4.74 Å². The molecule has 3 amide bonds. The third-order valence-electron chi connectivity index (χ3n) is 5.97. The number of carbonyl (C=O) groups excluding carboxylic acids is 3. The van der Waals surface area contributed by atoms with Gasteiger partial charge in [0.15, 0.2) is 0 Å². The zero-order valence-electron chi connectivity index (χ0n) is 22.9. The van der Waals surface area contributed by atoms with Crippen molar-refractivity contribution in [2.45, 2.75) is 47.0 Å². The third-order valence-corrected chi connectivity index (χ3v) is 5.97. The molecule has 0 saturated heterocycles. The molecule has 3 N–H and O–H groups in total. The Hall–Kier alpha value is -2.49. The first kappa shape index (κ1) is 31.5. The number of nitrogens with zero attached hydrogens (tertiary/aromatic N) is 2. The van der Waals surface area contributed by atoms with Gasteiger partial charge in [0.1, 0.15) is 12.3 Å². The van der Waals surface area contributed by atoms with Gasteiger partial charge in [-0.15, -0.1) is 0 Å². The number of carbonyl (C=O) groups is 3. The first-order chi connectivity index (χ1) is 17.3. The first-order valence-corrected chi connectivity index (χ1v) is 13.2. The van der Waals surface area contributed by atoms with Crippen molar-refractivity contribution in [1.82, 2.24) is 25.8 Å². The van der Waals surface area contributed by atoms with Crippen molar-refractivity contribution in [3.63, 3.8) is 0 Å². The maximum Gasteiger partial charge on any atom is 0.243 e. The summed E-state index contributed by atoms with van der Waals surface area (Å²) in [7, 11) is 1.63. The maximum atomic E-state index is 12.9. The molecule has 0 bridgehead atoms. The lowest BCUT2D eigenvalue weighted by atomic mass is 10.1. The van der Waals surface area contributed by atoms with Crippen molar-refractivity contribution < 1.29 is 19.1 Å². The number of benzene rings is 1.